The number of ether oxygens (including phenoxy) is 1. The van der Waals surface area contributed by atoms with E-state index >= 15 is 0 Å². The molecule has 0 bridgehead atoms. The summed E-state index contributed by atoms with van der Waals surface area (Å²) in [6.07, 6.45) is 0. The monoisotopic (exact) mass is 281 g/mol. The van der Waals surface area contributed by atoms with Gasteiger partial charge >= 0.3 is 5.97 Å². The normalized spacial score (nSPS) is 10.7. The van der Waals surface area contributed by atoms with Gasteiger partial charge in [0.05, 0.1) is 6.61 Å². The summed E-state index contributed by atoms with van der Waals surface area (Å²) >= 11 is 3.43. The molecular weight excluding hydrogens is 270 g/mol. The second kappa shape index (κ2) is 4.29. The molecule has 0 aliphatic rings. The zero-order valence-corrected chi connectivity index (χ0v) is 10.7. The van der Waals surface area contributed by atoms with Crippen LogP contribution in [-0.4, -0.2) is 17.6 Å². The molecule has 0 unspecified atom stereocenters. The van der Waals surface area contributed by atoms with Gasteiger partial charge in [-0.3, -0.25) is 0 Å². The van der Waals surface area contributed by atoms with E-state index in [1.165, 1.54) is 0 Å². The van der Waals surface area contributed by atoms with Crippen molar-refractivity contribution in [2.45, 2.75) is 13.8 Å². The molecule has 2 aromatic rings. The Hall–Kier alpha value is -1.29. The Morgan fingerprint density at radius 2 is 2.19 bits per heavy atom. The minimum absolute atomic E-state index is 0.311. The zero-order valence-electron chi connectivity index (χ0n) is 9.13. The number of aromatic amines is 1. The molecule has 3 nitrogen and oxygen atoms in total. The van der Waals surface area contributed by atoms with Crippen LogP contribution in [0, 0.1) is 6.92 Å². The summed E-state index contributed by atoms with van der Waals surface area (Å²) in [5.41, 5.74) is 2.57. The molecule has 0 saturated heterocycles. The van der Waals surface area contributed by atoms with E-state index in [-0.39, 0.29) is 5.97 Å². The molecule has 0 aliphatic carbocycles. The molecule has 1 aromatic carbocycles. The lowest BCUT2D eigenvalue weighted by atomic mass is 10.2. The maximum atomic E-state index is 11.5. The topological polar surface area (TPSA) is 42.1 Å². The fraction of sp³-hybridized carbons (Fsp3) is 0.250. The highest BCUT2D eigenvalue weighted by molar-refractivity contribution is 9.10. The van der Waals surface area contributed by atoms with Crippen molar-refractivity contribution >= 4 is 32.8 Å². The molecule has 4 heteroatoms. The number of carbonyl (C=O) groups is 1. The van der Waals surface area contributed by atoms with Crippen LogP contribution in [-0.2, 0) is 4.74 Å². The molecule has 0 saturated carbocycles. The summed E-state index contributed by atoms with van der Waals surface area (Å²) in [6.45, 7) is 4.18. The largest absolute Gasteiger partial charge is 0.461 e. The van der Waals surface area contributed by atoms with Gasteiger partial charge < -0.3 is 9.72 Å². The third-order valence-corrected chi connectivity index (χ3v) is 2.84. The maximum Gasteiger partial charge on any atom is 0.354 e. The molecule has 0 atom stereocenters. The average Bonchev–Trinajstić information content (AvgIpc) is 2.62. The Balaban J connectivity index is 2.51. The lowest BCUT2D eigenvalue weighted by Gasteiger charge is -1.98. The van der Waals surface area contributed by atoms with Gasteiger partial charge in [0, 0.05) is 15.4 Å². The average molecular weight is 282 g/mol. The second-order valence-corrected chi connectivity index (χ2v) is 4.51. The van der Waals surface area contributed by atoms with Crippen molar-refractivity contribution in [2.75, 3.05) is 6.61 Å². The summed E-state index contributed by atoms with van der Waals surface area (Å²) in [5, 5.41) is 1.01. The first-order valence-corrected chi connectivity index (χ1v) is 5.87. The second-order valence-electron chi connectivity index (χ2n) is 3.59. The van der Waals surface area contributed by atoms with Gasteiger partial charge in [-0.15, -0.1) is 0 Å². The lowest BCUT2D eigenvalue weighted by molar-refractivity contribution is 0.0520. The van der Waals surface area contributed by atoms with Gasteiger partial charge in [0.25, 0.3) is 0 Å². The van der Waals surface area contributed by atoms with Crippen LogP contribution in [0.25, 0.3) is 10.9 Å². The van der Waals surface area contributed by atoms with E-state index in [1.807, 2.05) is 25.1 Å². The highest BCUT2D eigenvalue weighted by Crippen LogP contribution is 2.24. The van der Waals surface area contributed by atoms with Crippen molar-refractivity contribution in [3.63, 3.8) is 0 Å². The summed E-state index contributed by atoms with van der Waals surface area (Å²) in [4.78, 5) is 14.6. The van der Waals surface area contributed by atoms with Crippen LogP contribution in [0.3, 0.4) is 0 Å². The van der Waals surface area contributed by atoms with E-state index in [2.05, 4.69) is 20.9 Å². The summed E-state index contributed by atoms with van der Waals surface area (Å²) in [6, 6.07) is 5.79. The van der Waals surface area contributed by atoms with Gasteiger partial charge in [-0.1, -0.05) is 15.9 Å². The molecule has 0 fully saturated rings. The number of aromatic nitrogens is 1. The quantitative estimate of drug-likeness (QED) is 0.857. The Labute approximate surface area is 102 Å². The molecule has 1 aromatic heterocycles. The van der Waals surface area contributed by atoms with Crippen LogP contribution in [0.4, 0.5) is 0 Å². The van der Waals surface area contributed by atoms with Gasteiger partial charge in [0.2, 0.25) is 0 Å². The molecule has 0 spiro atoms. The molecule has 84 valence electrons. The van der Waals surface area contributed by atoms with E-state index in [9.17, 15) is 4.79 Å². The molecule has 1 N–H and O–H groups in total. The van der Waals surface area contributed by atoms with Crippen molar-refractivity contribution < 1.29 is 9.53 Å². The number of aryl methyl sites for hydroxylation is 1. The molecule has 1 heterocycles. The lowest BCUT2D eigenvalue weighted by Crippen LogP contribution is -2.04. The highest BCUT2D eigenvalue weighted by atomic mass is 79.9. The van der Waals surface area contributed by atoms with Crippen LogP contribution in [0.2, 0.25) is 0 Å². The SMILES string of the molecule is CCOC(=O)c1cc2cc(Br)cc(C)c2[nH]1. The third kappa shape index (κ3) is 1.97. The number of carbonyl (C=O) groups excluding carboxylic acids is 1. The standard InChI is InChI=1S/C12H12BrNO2/c1-3-16-12(15)10-6-8-5-9(13)4-7(2)11(8)14-10/h4-6,14H,3H2,1-2H3. The van der Waals surface area contributed by atoms with E-state index in [1.54, 1.807) is 6.92 Å². The van der Waals surface area contributed by atoms with Crippen LogP contribution in [0.1, 0.15) is 23.0 Å². The molecule has 0 amide bonds. The first-order valence-electron chi connectivity index (χ1n) is 5.08. The number of rotatable bonds is 2. The fourth-order valence-corrected chi connectivity index (χ4v) is 2.29. The molecular formula is C12H12BrNO2. The molecule has 16 heavy (non-hydrogen) atoms. The maximum absolute atomic E-state index is 11.5. The number of halogens is 1. The van der Waals surface area contributed by atoms with E-state index in [4.69, 9.17) is 4.74 Å². The first-order chi connectivity index (χ1) is 7.61. The smallest absolute Gasteiger partial charge is 0.354 e. The van der Waals surface area contributed by atoms with Crippen LogP contribution in [0.15, 0.2) is 22.7 Å². The minimum Gasteiger partial charge on any atom is -0.461 e. The minimum atomic E-state index is -0.311. The van der Waals surface area contributed by atoms with Crippen molar-refractivity contribution in [2.24, 2.45) is 0 Å². The fourth-order valence-electron chi connectivity index (χ4n) is 1.70. The summed E-state index contributed by atoms with van der Waals surface area (Å²) in [5.74, 6) is -0.311. The summed E-state index contributed by atoms with van der Waals surface area (Å²) < 4.78 is 5.95. The number of hydrogen-bond donors (Lipinski definition) is 1. The summed E-state index contributed by atoms with van der Waals surface area (Å²) in [7, 11) is 0. The van der Waals surface area contributed by atoms with Crippen molar-refractivity contribution in [3.05, 3.63) is 33.9 Å². The first kappa shape index (κ1) is 11.2. The van der Waals surface area contributed by atoms with Crippen LogP contribution in [0.5, 0.6) is 0 Å². The van der Waals surface area contributed by atoms with Crippen LogP contribution >= 0.6 is 15.9 Å². The molecule has 0 aliphatic heterocycles. The zero-order chi connectivity index (χ0) is 11.7. The number of fused-ring (bicyclic) bond motifs is 1. The van der Waals surface area contributed by atoms with Gasteiger partial charge in [-0.2, -0.15) is 0 Å². The third-order valence-electron chi connectivity index (χ3n) is 2.39. The number of hydrogen-bond acceptors (Lipinski definition) is 2. The Kier molecular flexibility index (Phi) is 3.01. The van der Waals surface area contributed by atoms with Crippen molar-refractivity contribution in [1.29, 1.82) is 0 Å². The Bertz CT molecular complexity index is 545. The van der Waals surface area contributed by atoms with Crippen molar-refractivity contribution in [1.82, 2.24) is 4.98 Å². The number of nitrogens with one attached hydrogen (secondary N) is 1. The van der Waals surface area contributed by atoms with Gasteiger partial charge in [-0.05, 0) is 37.6 Å². The van der Waals surface area contributed by atoms with E-state index in [0.717, 1.165) is 20.9 Å². The van der Waals surface area contributed by atoms with Gasteiger partial charge in [-0.25, -0.2) is 4.79 Å². The van der Waals surface area contributed by atoms with Crippen molar-refractivity contribution in [3.8, 4) is 0 Å². The van der Waals surface area contributed by atoms with E-state index < -0.39 is 0 Å². The van der Waals surface area contributed by atoms with Gasteiger partial charge in [0.1, 0.15) is 5.69 Å². The molecule has 0 radical (unpaired) electrons. The van der Waals surface area contributed by atoms with Gasteiger partial charge in [0.15, 0.2) is 0 Å². The number of benzene rings is 1. The Morgan fingerprint density at radius 3 is 2.88 bits per heavy atom. The molecule has 2 rings (SSSR count). The number of esters is 1. The Morgan fingerprint density at radius 1 is 1.44 bits per heavy atom. The predicted molar refractivity (Wildman–Crippen MR) is 66.7 cm³/mol. The number of H-pyrrole nitrogens is 1. The predicted octanol–water partition coefficient (Wildman–Crippen LogP) is 3.42. The van der Waals surface area contributed by atoms with E-state index in [0.29, 0.717) is 12.3 Å². The highest BCUT2D eigenvalue weighted by Gasteiger charge is 2.11. The van der Waals surface area contributed by atoms with Crippen LogP contribution < -0.4 is 0 Å².